The van der Waals surface area contributed by atoms with Crippen molar-refractivity contribution < 1.29 is 9.53 Å². The van der Waals surface area contributed by atoms with Gasteiger partial charge in [-0.3, -0.25) is 9.89 Å². The summed E-state index contributed by atoms with van der Waals surface area (Å²) in [7, 11) is 1.64. The zero-order valence-corrected chi connectivity index (χ0v) is 14.9. The molecule has 5 heteroatoms. The molecular weight excluding hydrogens is 326 g/mol. The van der Waals surface area contributed by atoms with Crippen LogP contribution in [0.15, 0.2) is 54.6 Å². The van der Waals surface area contributed by atoms with E-state index in [0.29, 0.717) is 5.82 Å². The number of anilines is 1. The maximum Gasteiger partial charge on any atom is 0.232 e. The predicted octanol–water partition coefficient (Wildman–Crippen LogP) is 3.83. The van der Waals surface area contributed by atoms with Crippen molar-refractivity contribution in [2.24, 2.45) is 5.41 Å². The summed E-state index contributed by atoms with van der Waals surface area (Å²) >= 11 is 0. The number of methoxy groups -OCH3 is 1. The largest absolute Gasteiger partial charge is 0.497 e. The Morgan fingerprint density at radius 3 is 2.38 bits per heavy atom. The Hall–Kier alpha value is -3.08. The van der Waals surface area contributed by atoms with E-state index < -0.39 is 5.41 Å². The van der Waals surface area contributed by atoms with E-state index in [-0.39, 0.29) is 5.91 Å². The van der Waals surface area contributed by atoms with Crippen molar-refractivity contribution in [3.05, 3.63) is 65.7 Å². The molecule has 0 saturated carbocycles. The van der Waals surface area contributed by atoms with Crippen LogP contribution in [0.25, 0.3) is 11.3 Å². The van der Waals surface area contributed by atoms with Crippen LogP contribution in [-0.2, 0) is 17.6 Å². The first-order valence-corrected chi connectivity index (χ1v) is 8.65. The number of benzene rings is 2. The Morgan fingerprint density at radius 2 is 1.77 bits per heavy atom. The van der Waals surface area contributed by atoms with Gasteiger partial charge in [-0.15, -0.1) is 0 Å². The molecule has 2 N–H and O–H groups in total. The molecule has 1 heterocycles. The van der Waals surface area contributed by atoms with Crippen LogP contribution >= 0.6 is 0 Å². The van der Waals surface area contributed by atoms with Gasteiger partial charge >= 0.3 is 0 Å². The minimum absolute atomic E-state index is 0.00137. The minimum Gasteiger partial charge on any atom is -0.497 e. The second kappa shape index (κ2) is 6.33. The second-order valence-corrected chi connectivity index (χ2v) is 7.03. The first kappa shape index (κ1) is 16.4. The van der Waals surface area contributed by atoms with Crippen molar-refractivity contribution in [2.45, 2.75) is 19.8 Å². The molecule has 0 radical (unpaired) electrons. The summed E-state index contributed by atoms with van der Waals surface area (Å²) in [5.74, 6) is 1.34. The molecule has 1 aliphatic rings. The van der Waals surface area contributed by atoms with E-state index in [1.54, 1.807) is 7.11 Å². The molecule has 3 aromatic rings. The van der Waals surface area contributed by atoms with E-state index >= 15 is 0 Å². The van der Waals surface area contributed by atoms with Crippen LogP contribution in [-0.4, -0.2) is 23.2 Å². The average Bonchev–Trinajstić information content (AvgIpc) is 3.26. The van der Waals surface area contributed by atoms with Gasteiger partial charge in [-0.2, -0.15) is 5.10 Å². The number of aromatic nitrogens is 2. The van der Waals surface area contributed by atoms with Crippen LogP contribution in [0.2, 0.25) is 0 Å². The van der Waals surface area contributed by atoms with Gasteiger partial charge in [0.15, 0.2) is 5.82 Å². The zero-order valence-electron chi connectivity index (χ0n) is 14.9. The topological polar surface area (TPSA) is 67.0 Å². The number of amides is 1. The number of carbonyl (C=O) groups is 1. The summed E-state index contributed by atoms with van der Waals surface area (Å²) in [6, 6.07) is 17.8. The number of ether oxygens (including phenoxy) is 1. The SMILES string of the molecule is COc1ccc(-c2cc(NC(=O)C3(C)Cc4ccccc4C3)n[nH]2)cc1. The summed E-state index contributed by atoms with van der Waals surface area (Å²) in [5, 5.41) is 10.2. The highest BCUT2D eigenvalue weighted by Gasteiger charge is 2.39. The fraction of sp³-hybridized carbons (Fsp3) is 0.238. The van der Waals surface area contributed by atoms with E-state index in [0.717, 1.165) is 29.8 Å². The maximum atomic E-state index is 12.9. The lowest BCUT2D eigenvalue weighted by molar-refractivity contribution is -0.124. The molecule has 26 heavy (non-hydrogen) atoms. The molecule has 4 rings (SSSR count). The fourth-order valence-corrected chi connectivity index (χ4v) is 3.54. The number of aromatic amines is 1. The lowest BCUT2D eigenvalue weighted by atomic mass is 9.86. The van der Waals surface area contributed by atoms with Crippen molar-refractivity contribution in [3.63, 3.8) is 0 Å². The van der Waals surface area contributed by atoms with Gasteiger partial charge in [0.1, 0.15) is 5.75 Å². The van der Waals surface area contributed by atoms with Gasteiger partial charge in [-0.25, -0.2) is 0 Å². The number of nitrogens with one attached hydrogen (secondary N) is 2. The molecule has 0 aliphatic heterocycles. The molecule has 0 spiro atoms. The summed E-state index contributed by atoms with van der Waals surface area (Å²) in [6.07, 6.45) is 1.51. The van der Waals surface area contributed by atoms with Crippen molar-refractivity contribution >= 4 is 11.7 Å². The summed E-state index contributed by atoms with van der Waals surface area (Å²) in [4.78, 5) is 12.9. The Labute approximate surface area is 152 Å². The van der Waals surface area contributed by atoms with Gasteiger partial charge in [0.05, 0.1) is 18.2 Å². The van der Waals surface area contributed by atoms with Crippen LogP contribution < -0.4 is 10.1 Å². The molecule has 1 aromatic heterocycles. The predicted molar refractivity (Wildman–Crippen MR) is 101 cm³/mol. The minimum atomic E-state index is -0.442. The number of hydrogen-bond acceptors (Lipinski definition) is 3. The third kappa shape index (κ3) is 2.96. The smallest absolute Gasteiger partial charge is 0.232 e. The monoisotopic (exact) mass is 347 g/mol. The van der Waals surface area contributed by atoms with Crippen molar-refractivity contribution in [3.8, 4) is 17.0 Å². The van der Waals surface area contributed by atoms with Crippen LogP contribution in [0.3, 0.4) is 0 Å². The molecule has 0 saturated heterocycles. The standard InChI is InChI=1S/C21H21N3O2/c1-21(12-15-5-3-4-6-16(15)13-21)20(25)22-19-11-18(23-24-19)14-7-9-17(26-2)10-8-14/h3-11H,12-13H2,1-2H3,(H2,22,23,24,25). The Morgan fingerprint density at radius 1 is 1.12 bits per heavy atom. The average molecular weight is 347 g/mol. The van der Waals surface area contributed by atoms with Gasteiger partial charge in [0.25, 0.3) is 0 Å². The van der Waals surface area contributed by atoms with E-state index in [9.17, 15) is 4.79 Å². The third-order valence-electron chi connectivity index (χ3n) is 5.05. The summed E-state index contributed by atoms with van der Waals surface area (Å²) in [6.45, 7) is 2.01. The number of hydrogen-bond donors (Lipinski definition) is 2. The number of rotatable bonds is 4. The Kier molecular flexibility index (Phi) is 3.99. The molecule has 132 valence electrons. The van der Waals surface area contributed by atoms with Crippen molar-refractivity contribution in [2.75, 3.05) is 12.4 Å². The van der Waals surface area contributed by atoms with E-state index in [1.807, 2.05) is 49.4 Å². The molecular formula is C21H21N3O2. The lowest BCUT2D eigenvalue weighted by Crippen LogP contribution is -2.34. The van der Waals surface area contributed by atoms with Crippen LogP contribution in [0, 0.1) is 5.41 Å². The summed E-state index contributed by atoms with van der Waals surface area (Å²) in [5.41, 5.74) is 3.90. The molecule has 0 bridgehead atoms. The summed E-state index contributed by atoms with van der Waals surface area (Å²) < 4.78 is 5.17. The van der Waals surface area contributed by atoms with Gasteiger partial charge in [-0.1, -0.05) is 31.2 Å². The van der Waals surface area contributed by atoms with Crippen LogP contribution in [0.5, 0.6) is 5.75 Å². The molecule has 1 aliphatic carbocycles. The van der Waals surface area contributed by atoms with E-state index in [4.69, 9.17) is 4.74 Å². The van der Waals surface area contributed by atoms with Crippen molar-refractivity contribution in [1.29, 1.82) is 0 Å². The Balaban J connectivity index is 1.48. The fourth-order valence-electron chi connectivity index (χ4n) is 3.54. The van der Waals surface area contributed by atoms with Gasteiger partial charge in [-0.05, 0) is 53.8 Å². The normalized spacial score (nSPS) is 14.7. The first-order valence-electron chi connectivity index (χ1n) is 8.65. The van der Waals surface area contributed by atoms with E-state index in [1.165, 1.54) is 11.1 Å². The third-order valence-corrected chi connectivity index (χ3v) is 5.05. The highest BCUT2D eigenvalue weighted by atomic mass is 16.5. The number of H-pyrrole nitrogens is 1. The first-order chi connectivity index (χ1) is 12.6. The lowest BCUT2D eigenvalue weighted by Gasteiger charge is -2.21. The highest BCUT2D eigenvalue weighted by molar-refractivity contribution is 5.95. The second-order valence-electron chi connectivity index (χ2n) is 7.03. The maximum absolute atomic E-state index is 12.9. The van der Waals surface area contributed by atoms with Crippen LogP contribution in [0.1, 0.15) is 18.1 Å². The van der Waals surface area contributed by atoms with Crippen LogP contribution in [0.4, 0.5) is 5.82 Å². The highest BCUT2D eigenvalue weighted by Crippen LogP contribution is 2.37. The Bertz CT molecular complexity index is 919. The number of fused-ring (bicyclic) bond motifs is 1. The number of nitrogens with zero attached hydrogens (tertiary/aromatic N) is 1. The molecule has 1 amide bonds. The van der Waals surface area contributed by atoms with Gasteiger partial charge < -0.3 is 10.1 Å². The molecule has 0 atom stereocenters. The van der Waals surface area contributed by atoms with Crippen molar-refractivity contribution in [1.82, 2.24) is 10.2 Å². The molecule has 0 fully saturated rings. The van der Waals surface area contributed by atoms with E-state index in [2.05, 4.69) is 27.6 Å². The van der Waals surface area contributed by atoms with Gasteiger partial charge in [0, 0.05) is 6.07 Å². The quantitative estimate of drug-likeness (QED) is 0.754. The zero-order chi connectivity index (χ0) is 18.1. The molecule has 0 unspecified atom stereocenters. The van der Waals surface area contributed by atoms with Gasteiger partial charge in [0.2, 0.25) is 5.91 Å². The number of carbonyl (C=O) groups excluding carboxylic acids is 1. The molecule has 2 aromatic carbocycles. The molecule has 5 nitrogen and oxygen atoms in total.